The fourth-order valence-corrected chi connectivity index (χ4v) is 0.730. The van der Waals surface area contributed by atoms with Crippen molar-refractivity contribution in [1.82, 2.24) is 0 Å². The molecule has 2 atom stereocenters. The van der Waals surface area contributed by atoms with Crippen LogP contribution in [0.4, 0.5) is 0 Å². The van der Waals surface area contributed by atoms with Gasteiger partial charge in [0, 0.05) is 11.5 Å². The van der Waals surface area contributed by atoms with Gasteiger partial charge in [-0.2, -0.15) is 25.3 Å². The molecule has 2 N–H and O–H groups in total. The zero-order valence-corrected chi connectivity index (χ0v) is 11.0. The number of hydrogen-bond acceptors (Lipinski definition) is 4. The van der Waals surface area contributed by atoms with Gasteiger partial charge in [-0.25, -0.2) is 0 Å². The summed E-state index contributed by atoms with van der Waals surface area (Å²) in [7, 11) is 0. The van der Waals surface area contributed by atoms with Gasteiger partial charge in [0.05, 0.1) is 12.2 Å². The molecular formula is C4H14Cl4O2S2. The molecule has 0 aromatic rings. The van der Waals surface area contributed by atoms with E-state index in [2.05, 4.69) is 25.3 Å². The molecule has 0 aromatic carbocycles. The van der Waals surface area contributed by atoms with E-state index in [4.69, 9.17) is 10.2 Å². The average Bonchev–Trinajstić information content (AvgIpc) is 1.84. The van der Waals surface area contributed by atoms with Crippen molar-refractivity contribution >= 4 is 74.9 Å². The van der Waals surface area contributed by atoms with E-state index in [1.165, 1.54) is 0 Å². The molecule has 0 heterocycles. The fourth-order valence-electron chi connectivity index (χ4n) is 0.243. The maximum absolute atomic E-state index is 8.75. The summed E-state index contributed by atoms with van der Waals surface area (Å²) in [5, 5.41) is 17.5. The first kappa shape index (κ1) is 29.2. The summed E-state index contributed by atoms with van der Waals surface area (Å²) in [6.45, 7) is 0. The number of thiol groups is 2. The monoisotopic (exact) mass is 298 g/mol. The second-order valence-corrected chi connectivity index (χ2v) is 2.23. The van der Waals surface area contributed by atoms with Crippen molar-refractivity contribution in [3.63, 3.8) is 0 Å². The van der Waals surface area contributed by atoms with Crippen molar-refractivity contribution < 1.29 is 10.2 Å². The van der Waals surface area contributed by atoms with Gasteiger partial charge in [-0.1, -0.05) is 0 Å². The van der Waals surface area contributed by atoms with Crippen molar-refractivity contribution in [3.8, 4) is 0 Å². The van der Waals surface area contributed by atoms with E-state index in [0.717, 1.165) is 0 Å². The zero-order chi connectivity index (χ0) is 6.57. The van der Waals surface area contributed by atoms with Crippen molar-refractivity contribution in [3.05, 3.63) is 0 Å². The Morgan fingerprint density at radius 2 is 0.917 bits per heavy atom. The molecule has 0 bridgehead atoms. The Labute approximate surface area is 108 Å². The number of aliphatic hydroxyl groups excluding tert-OH is 2. The van der Waals surface area contributed by atoms with Gasteiger partial charge in [0.25, 0.3) is 0 Å². The average molecular weight is 300 g/mol. The number of halogens is 4. The molecular weight excluding hydrogens is 286 g/mol. The van der Waals surface area contributed by atoms with Crippen LogP contribution in [0.3, 0.4) is 0 Å². The SMILES string of the molecule is Cl.Cl.Cl.Cl.O[C@H](CS)[C@H](O)CS. The summed E-state index contributed by atoms with van der Waals surface area (Å²) in [5.41, 5.74) is 0. The molecule has 0 aliphatic rings. The van der Waals surface area contributed by atoms with Gasteiger partial charge in [0.15, 0.2) is 0 Å². The van der Waals surface area contributed by atoms with E-state index in [9.17, 15) is 0 Å². The van der Waals surface area contributed by atoms with Gasteiger partial charge < -0.3 is 10.2 Å². The third kappa shape index (κ3) is 14.3. The van der Waals surface area contributed by atoms with Gasteiger partial charge in [-0.15, -0.1) is 49.6 Å². The summed E-state index contributed by atoms with van der Waals surface area (Å²) >= 11 is 7.53. The zero-order valence-electron chi connectivity index (χ0n) is 5.99. The minimum absolute atomic E-state index is 0. The molecule has 0 aromatic heterocycles. The van der Waals surface area contributed by atoms with Crippen LogP contribution in [0, 0.1) is 0 Å². The Hall–Kier alpha value is 1.78. The van der Waals surface area contributed by atoms with Crippen molar-refractivity contribution in [2.45, 2.75) is 12.2 Å². The Bertz CT molecular complexity index is 63.0. The summed E-state index contributed by atoms with van der Waals surface area (Å²) in [6, 6.07) is 0. The van der Waals surface area contributed by atoms with Crippen LogP contribution in [0.1, 0.15) is 0 Å². The van der Waals surface area contributed by atoms with Gasteiger partial charge >= 0.3 is 0 Å². The predicted octanol–water partition coefficient (Wildman–Crippen LogP) is 1.26. The van der Waals surface area contributed by atoms with Crippen LogP contribution in [-0.4, -0.2) is 33.9 Å². The van der Waals surface area contributed by atoms with Gasteiger partial charge in [0.1, 0.15) is 0 Å². The van der Waals surface area contributed by atoms with E-state index in [0.29, 0.717) is 0 Å². The van der Waals surface area contributed by atoms with E-state index in [1.54, 1.807) is 0 Å². The van der Waals surface area contributed by atoms with Crippen LogP contribution in [0.15, 0.2) is 0 Å². The Morgan fingerprint density at radius 1 is 0.750 bits per heavy atom. The second-order valence-electron chi connectivity index (χ2n) is 1.50. The van der Waals surface area contributed by atoms with E-state index < -0.39 is 12.2 Å². The van der Waals surface area contributed by atoms with E-state index in [1.807, 2.05) is 0 Å². The second kappa shape index (κ2) is 18.5. The summed E-state index contributed by atoms with van der Waals surface area (Å²) in [4.78, 5) is 0. The molecule has 12 heavy (non-hydrogen) atoms. The molecule has 0 spiro atoms. The van der Waals surface area contributed by atoms with Gasteiger partial charge in [-0.05, 0) is 0 Å². The van der Waals surface area contributed by atoms with Gasteiger partial charge in [0.2, 0.25) is 0 Å². The molecule has 0 amide bonds. The molecule has 0 saturated carbocycles. The van der Waals surface area contributed by atoms with Crippen molar-refractivity contribution in [1.29, 1.82) is 0 Å². The number of hydrogen-bond donors (Lipinski definition) is 4. The predicted molar refractivity (Wildman–Crippen MR) is 68.7 cm³/mol. The minimum Gasteiger partial charge on any atom is -0.390 e. The van der Waals surface area contributed by atoms with Crippen molar-refractivity contribution in [2.75, 3.05) is 11.5 Å². The highest BCUT2D eigenvalue weighted by molar-refractivity contribution is 7.80. The van der Waals surface area contributed by atoms with Crippen LogP contribution < -0.4 is 0 Å². The summed E-state index contributed by atoms with van der Waals surface area (Å²) < 4.78 is 0. The van der Waals surface area contributed by atoms with Gasteiger partial charge in [-0.3, -0.25) is 0 Å². The Morgan fingerprint density at radius 3 is 1.00 bits per heavy atom. The van der Waals surface area contributed by atoms with Crippen LogP contribution in [0.5, 0.6) is 0 Å². The first-order valence-electron chi connectivity index (χ1n) is 2.30. The molecule has 2 nitrogen and oxygen atoms in total. The first-order chi connectivity index (χ1) is 3.72. The number of aliphatic hydroxyl groups is 2. The lowest BCUT2D eigenvalue weighted by Gasteiger charge is -2.11. The molecule has 0 fully saturated rings. The molecule has 0 rings (SSSR count). The maximum Gasteiger partial charge on any atom is 0.0894 e. The third-order valence-corrected chi connectivity index (χ3v) is 1.57. The van der Waals surface area contributed by atoms with E-state index in [-0.39, 0.29) is 61.1 Å². The molecule has 0 radical (unpaired) electrons. The standard InChI is InChI=1S/C4H10O2S2.4ClH/c5-3(1-7)4(6)2-8;;;;/h3-8H,1-2H2;4*1H/t3-,4-;;;;/m1..../s1. The topological polar surface area (TPSA) is 40.5 Å². The highest BCUT2D eigenvalue weighted by Gasteiger charge is 2.10. The Kier molecular flexibility index (Phi) is 45.1. The maximum atomic E-state index is 8.75. The van der Waals surface area contributed by atoms with Crippen molar-refractivity contribution in [2.24, 2.45) is 0 Å². The summed E-state index contributed by atoms with van der Waals surface area (Å²) in [5.74, 6) is 0.559. The molecule has 8 heteroatoms. The quantitative estimate of drug-likeness (QED) is 0.593. The first-order valence-corrected chi connectivity index (χ1v) is 3.56. The van der Waals surface area contributed by atoms with E-state index >= 15 is 0 Å². The van der Waals surface area contributed by atoms with Crippen LogP contribution >= 0.6 is 74.9 Å². The molecule has 82 valence electrons. The third-order valence-electron chi connectivity index (χ3n) is 0.818. The van der Waals surface area contributed by atoms with Crippen LogP contribution in [-0.2, 0) is 0 Å². The number of rotatable bonds is 3. The lowest BCUT2D eigenvalue weighted by Crippen LogP contribution is -2.28. The highest BCUT2D eigenvalue weighted by atomic mass is 35.5. The lowest BCUT2D eigenvalue weighted by molar-refractivity contribution is 0.0504. The normalized spacial score (nSPS) is 12.0. The molecule has 0 saturated heterocycles. The molecule has 0 aliphatic carbocycles. The highest BCUT2D eigenvalue weighted by Crippen LogP contribution is 1.96. The fraction of sp³-hybridized carbons (Fsp3) is 1.00. The summed E-state index contributed by atoms with van der Waals surface area (Å²) in [6.07, 6.45) is -1.48. The Balaban J connectivity index is -0.0000000408. The molecule has 0 aliphatic heterocycles. The largest absolute Gasteiger partial charge is 0.390 e. The minimum atomic E-state index is -0.740. The molecule has 0 unspecified atom stereocenters. The smallest absolute Gasteiger partial charge is 0.0894 e. The van der Waals surface area contributed by atoms with Crippen LogP contribution in [0.2, 0.25) is 0 Å². The van der Waals surface area contributed by atoms with Crippen LogP contribution in [0.25, 0.3) is 0 Å². The lowest BCUT2D eigenvalue weighted by atomic mass is 10.3.